The van der Waals surface area contributed by atoms with Crippen LogP contribution in [0.2, 0.25) is 5.02 Å². The molecule has 1 aliphatic rings. The van der Waals surface area contributed by atoms with Crippen molar-refractivity contribution >= 4 is 79.9 Å². The highest BCUT2D eigenvalue weighted by Gasteiger charge is 2.31. The van der Waals surface area contributed by atoms with Crippen molar-refractivity contribution in [2.45, 2.75) is 20.7 Å². The van der Waals surface area contributed by atoms with Crippen molar-refractivity contribution in [2.24, 2.45) is 0 Å². The first-order valence-electron chi connectivity index (χ1n) is 10.8. The van der Waals surface area contributed by atoms with Gasteiger partial charge in [-0.2, -0.15) is 0 Å². The average Bonchev–Trinajstić information content (AvgIpc) is 3.51. The van der Waals surface area contributed by atoms with Crippen LogP contribution in [0.15, 0.2) is 69.9 Å². The Morgan fingerprint density at radius 2 is 2.00 bits per heavy atom. The van der Waals surface area contributed by atoms with E-state index in [-0.39, 0.29) is 17.0 Å². The Kier molecular flexibility index (Phi) is 7.36. The highest BCUT2D eigenvalue weighted by molar-refractivity contribution is 8.01. The van der Waals surface area contributed by atoms with E-state index in [0.717, 1.165) is 4.70 Å². The third-order valence-electron chi connectivity index (χ3n) is 5.51. The van der Waals surface area contributed by atoms with Gasteiger partial charge in [-0.25, -0.2) is 4.98 Å². The number of aliphatic carboxylic acids is 1. The predicted molar refractivity (Wildman–Crippen MR) is 146 cm³/mol. The molecule has 0 bridgehead atoms. The maximum atomic E-state index is 12.6. The second kappa shape index (κ2) is 10.7. The number of anilines is 1. The molecule has 3 aromatic carbocycles. The van der Waals surface area contributed by atoms with Gasteiger partial charge < -0.3 is 10.4 Å². The van der Waals surface area contributed by atoms with E-state index in [4.69, 9.17) is 11.6 Å². The number of amides is 1. The van der Waals surface area contributed by atoms with Crippen LogP contribution in [0.3, 0.4) is 0 Å². The Balaban J connectivity index is 1.35. The summed E-state index contributed by atoms with van der Waals surface area (Å²) in [6, 6.07) is 16.3. The van der Waals surface area contributed by atoms with Gasteiger partial charge in [-0.15, -0.1) is 23.1 Å². The summed E-state index contributed by atoms with van der Waals surface area (Å²) in [4.78, 5) is 40.2. The molecular weight excluding hydrogens is 556 g/mol. The lowest BCUT2D eigenvalue weighted by molar-refractivity contribution is -0.387. The van der Waals surface area contributed by atoms with Crippen molar-refractivity contribution in [2.75, 3.05) is 11.1 Å². The Hall–Kier alpha value is -3.16. The highest BCUT2D eigenvalue weighted by atomic mass is 35.5. The van der Waals surface area contributed by atoms with Crippen LogP contribution in [0.4, 0.5) is 11.4 Å². The number of aromatic nitrogens is 1. The molecule has 1 saturated heterocycles. The van der Waals surface area contributed by atoms with Gasteiger partial charge in [0.25, 0.3) is 11.6 Å². The summed E-state index contributed by atoms with van der Waals surface area (Å²) in [6.45, 7) is 0. The Labute approximate surface area is 227 Å². The van der Waals surface area contributed by atoms with E-state index in [1.807, 2.05) is 0 Å². The van der Waals surface area contributed by atoms with Gasteiger partial charge in [0.05, 0.1) is 36.0 Å². The van der Waals surface area contributed by atoms with Crippen LogP contribution in [0.5, 0.6) is 0 Å². The van der Waals surface area contributed by atoms with Crippen LogP contribution in [-0.4, -0.2) is 38.7 Å². The number of carboxylic acids is 1. The van der Waals surface area contributed by atoms with Crippen molar-refractivity contribution in [1.29, 1.82) is 0 Å². The summed E-state index contributed by atoms with van der Waals surface area (Å²) in [7, 11) is 0. The third-order valence-corrected chi connectivity index (χ3v) is 9.25. The van der Waals surface area contributed by atoms with Crippen molar-refractivity contribution < 1.29 is 19.6 Å². The van der Waals surface area contributed by atoms with E-state index < -0.39 is 16.9 Å². The molecule has 188 valence electrons. The first kappa shape index (κ1) is 25.5. The SMILES string of the molecule is O=C(Nc1ccc2nc(Sc3ccc([C@H]4N[C@@H](C(=O)O)CS4)cc3[N+](=O)[O-])sc2c1)c1ccccc1Cl. The first-order chi connectivity index (χ1) is 17.8. The number of hydrogen-bond donors (Lipinski definition) is 3. The molecule has 9 nitrogen and oxygen atoms in total. The third kappa shape index (κ3) is 5.58. The molecule has 3 N–H and O–H groups in total. The maximum absolute atomic E-state index is 12.6. The van der Waals surface area contributed by atoms with E-state index >= 15 is 0 Å². The van der Waals surface area contributed by atoms with E-state index in [2.05, 4.69) is 15.6 Å². The minimum Gasteiger partial charge on any atom is -0.480 e. The zero-order chi connectivity index (χ0) is 26.1. The number of nitro benzene ring substituents is 1. The number of nitro groups is 1. The van der Waals surface area contributed by atoms with Gasteiger partial charge >= 0.3 is 5.97 Å². The molecule has 1 amide bonds. The van der Waals surface area contributed by atoms with Crippen LogP contribution in [-0.2, 0) is 4.79 Å². The molecule has 1 fully saturated rings. The van der Waals surface area contributed by atoms with Gasteiger partial charge in [0.15, 0.2) is 4.34 Å². The van der Waals surface area contributed by atoms with E-state index in [9.17, 15) is 24.8 Å². The summed E-state index contributed by atoms with van der Waals surface area (Å²) < 4.78 is 1.42. The molecule has 4 aromatic rings. The van der Waals surface area contributed by atoms with Crippen LogP contribution in [0, 0.1) is 10.1 Å². The summed E-state index contributed by atoms with van der Waals surface area (Å²) in [6.07, 6.45) is 0. The number of rotatable bonds is 7. The van der Waals surface area contributed by atoms with Crippen LogP contribution < -0.4 is 10.6 Å². The van der Waals surface area contributed by atoms with Gasteiger partial charge in [-0.3, -0.25) is 25.0 Å². The number of carbonyl (C=O) groups is 2. The number of hydrogen-bond acceptors (Lipinski definition) is 9. The fraction of sp³-hybridized carbons (Fsp3) is 0.125. The van der Waals surface area contributed by atoms with Gasteiger partial charge in [0.1, 0.15) is 6.04 Å². The van der Waals surface area contributed by atoms with Crippen LogP contribution in [0.1, 0.15) is 21.3 Å². The number of halogens is 1. The van der Waals surface area contributed by atoms with Gasteiger partial charge in [0.2, 0.25) is 0 Å². The molecule has 37 heavy (non-hydrogen) atoms. The van der Waals surface area contributed by atoms with Crippen molar-refractivity contribution in [3.05, 3.63) is 86.9 Å². The quantitative estimate of drug-likeness (QED) is 0.179. The van der Waals surface area contributed by atoms with E-state index in [0.29, 0.717) is 42.3 Å². The maximum Gasteiger partial charge on any atom is 0.321 e. The topological polar surface area (TPSA) is 134 Å². The summed E-state index contributed by atoms with van der Waals surface area (Å²) in [5.41, 5.74) is 2.22. The van der Waals surface area contributed by atoms with Crippen LogP contribution in [0.25, 0.3) is 10.2 Å². The summed E-state index contributed by atoms with van der Waals surface area (Å²) in [5.74, 6) is -0.889. The van der Waals surface area contributed by atoms with Gasteiger partial charge in [-0.1, -0.05) is 41.6 Å². The lowest BCUT2D eigenvalue weighted by Gasteiger charge is -2.12. The number of thiazole rings is 1. The molecule has 13 heteroatoms. The normalized spacial score (nSPS) is 17.1. The minimum absolute atomic E-state index is 0.0735. The van der Waals surface area contributed by atoms with Gasteiger partial charge in [-0.05, 0) is 42.0 Å². The zero-order valence-corrected chi connectivity index (χ0v) is 21.9. The van der Waals surface area contributed by atoms with E-state index in [1.165, 1.54) is 40.9 Å². The summed E-state index contributed by atoms with van der Waals surface area (Å²) in [5, 5.41) is 26.8. The predicted octanol–water partition coefficient (Wildman–Crippen LogP) is 6.05. The number of benzene rings is 3. The van der Waals surface area contributed by atoms with Crippen molar-refractivity contribution in [1.82, 2.24) is 10.3 Å². The Morgan fingerprint density at radius 3 is 2.73 bits per heavy atom. The molecule has 1 aliphatic heterocycles. The van der Waals surface area contributed by atoms with Gasteiger partial charge in [0, 0.05) is 17.5 Å². The summed E-state index contributed by atoms with van der Waals surface area (Å²) >= 11 is 10.1. The molecule has 1 aromatic heterocycles. The average molecular weight is 573 g/mol. The lowest BCUT2D eigenvalue weighted by Crippen LogP contribution is -2.33. The number of nitrogens with one attached hydrogen (secondary N) is 2. The smallest absolute Gasteiger partial charge is 0.321 e. The fourth-order valence-corrected chi connectivity index (χ4v) is 7.29. The monoisotopic (exact) mass is 572 g/mol. The minimum atomic E-state index is -0.945. The number of fused-ring (bicyclic) bond motifs is 1. The molecule has 0 saturated carbocycles. The Morgan fingerprint density at radius 1 is 1.19 bits per heavy atom. The number of nitrogens with zero attached hydrogens (tertiary/aromatic N) is 2. The molecule has 2 heterocycles. The fourth-order valence-electron chi connectivity index (χ4n) is 3.70. The standard InChI is InChI=1S/C24H17ClN4O5S3/c25-15-4-2-1-3-14(15)21(30)26-13-6-7-16-20(10-13)37-24(28-16)36-19-8-5-12(9-18(19)29(33)34)22-27-17(11-35-22)23(31)32/h1-10,17,22,27H,11H2,(H,26,30)(H,31,32)/t17-,22+/m1/s1. The number of thioether (sulfide) groups is 1. The largest absolute Gasteiger partial charge is 0.480 e. The van der Waals surface area contributed by atoms with E-state index in [1.54, 1.807) is 54.6 Å². The zero-order valence-electron chi connectivity index (χ0n) is 18.7. The number of carbonyl (C=O) groups excluding carboxylic acids is 1. The second-order valence-corrected chi connectivity index (χ2v) is 11.8. The molecule has 0 radical (unpaired) electrons. The Bertz CT molecular complexity index is 1550. The molecule has 0 spiro atoms. The molecule has 5 rings (SSSR count). The lowest BCUT2D eigenvalue weighted by atomic mass is 10.2. The molecule has 2 atom stereocenters. The number of carboxylic acid groups (broad SMARTS) is 1. The molecule has 0 aliphatic carbocycles. The second-order valence-electron chi connectivity index (χ2n) is 7.95. The molecular formula is C24H17ClN4O5S3. The molecule has 0 unspecified atom stereocenters. The highest BCUT2D eigenvalue weighted by Crippen LogP contribution is 2.42. The van der Waals surface area contributed by atoms with Crippen LogP contribution >= 0.6 is 46.5 Å². The van der Waals surface area contributed by atoms with Crippen molar-refractivity contribution in [3.8, 4) is 0 Å². The van der Waals surface area contributed by atoms with Crippen molar-refractivity contribution in [3.63, 3.8) is 0 Å². The first-order valence-corrected chi connectivity index (χ1v) is 13.9.